The lowest BCUT2D eigenvalue weighted by molar-refractivity contribution is -0.123. The van der Waals surface area contributed by atoms with E-state index in [2.05, 4.69) is 67.8 Å². The summed E-state index contributed by atoms with van der Waals surface area (Å²) < 4.78 is 0. The largest absolute Gasteiger partial charge is 0.394 e. The third kappa shape index (κ3) is 41.3. The monoisotopic (exact) mass is 754 g/mol. The zero-order valence-corrected chi connectivity index (χ0v) is 36.0. The summed E-state index contributed by atoms with van der Waals surface area (Å²) in [5.41, 5.74) is 0. The first-order chi connectivity index (χ1) is 26.7. The highest BCUT2D eigenvalue weighted by atomic mass is 16.3. The summed E-state index contributed by atoms with van der Waals surface area (Å²) in [6.45, 7) is 4.29. The molecule has 0 saturated carbocycles. The maximum atomic E-state index is 12.4. The molecule has 0 bridgehead atoms. The van der Waals surface area contributed by atoms with Gasteiger partial charge in [0.25, 0.3) is 0 Å². The molecule has 2 unspecified atom stereocenters. The average Bonchev–Trinajstić information content (AvgIpc) is 3.18. The van der Waals surface area contributed by atoms with Gasteiger partial charge >= 0.3 is 0 Å². The summed E-state index contributed by atoms with van der Waals surface area (Å²) in [5.74, 6) is -0.0863. The third-order valence-electron chi connectivity index (χ3n) is 10.5. The van der Waals surface area contributed by atoms with E-state index < -0.39 is 12.1 Å². The molecule has 4 nitrogen and oxygen atoms in total. The molecule has 0 radical (unpaired) electrons. The number of aliphatic hydroxyl groups is 2. The molecule has 0 saturated heterocycles. The highest BCUT2D eigenvalue weighted by Gasteiger charge is 2.17. The van der Waals surface area contributed by atoms with E-state index in [0.717, 1.165) is 51.4 Å². The number of hydrogen-bond donors (Lipinski definition) is 3. The van der Waals surface area contributed by atoms with Crippen LogP contribution in [-0.2, 0) is 4.79 Å². The van der Waals surface area contributed by atoms with Crippen LogP contribution < -0.4 is 5.32 Å². The van der Waals surface area contributed by atoms with E-state index in [1.54, 1.807) is 6.08 Å². The lowest BCUT2D eigenvalue weighted by Crippen LogP contribution is -2.45. The summed E-state index contributed by atoms with van der Waals surface area (Å²) in [6, 6.07) is -0.652. The lowest BCUT2D eigenvalue weighted by atomic mass is 10.1. The molecule has 0 fully saturated rings. The van der Waals surface area contributed by atoms with E-state index >= 15 is 0 Å². The van der Waals surface area contributed by atoms with Crippen molar-refractivity contribution in [3.63, 3.8) is 0 Å². The summed E-state index contributed by atoms with van der Waals surface area (Å²) in [6.07, 6.45) is 63.4. The average molecular weight is 754 g/mol. The van der Waals surface area contributed by atoms with Crippen LogP contribution in [0.5, 0.6) is 0 Å². The summed E-state index contributed by atoms with van der Waals surface area (Å²) in [5, 5.41) is 23.0. The Kier molecular flexibility index (Phi) is 43.9. The van der Waals surface area contributed by atoms with Crippen molar-refractivity contribution in [2.24, 2.45) is 0 Å². The molecule has 54 heavy (non-hydrogen) atoms. The molecule has 0 spiro atoms. The van der Waals surface area contributed by atoms with Crippen molar-refractivity contribution >= 4 is 5.91 Å². The van der Waals surface area contributed by atoms with Gasteiger partial charge in [0, 0.05) is 6.42 Å². The number of nitrogens with one attached hydrogen (secondary N) is 1. The van der Waals surface area contributed by atoms with Crippen molar-refractivity contribution in [1.82, 2.24) is 5.32 Å². The van der Waals surface area contributed by atoms with E-state index in [4.69, 9.17) is 0 Å². The second-order valence-corrected chi connectivity index (χ2v) is 15.8. The second-order valence-electron chi connectivity index (χ2n) is 15.8. The molecular formula is C50H91NO3. The van der Waals surface area contributed by atoms with Crippen molar-refractivity contribution in [3.8, 4) is 0 Å². The first-order valence-corrected chi connectivity index (χ1v) is 23.5. The Balaban J connectivity index is 3.65. The van der Waals surface area contributed by atoms with Crippen LogP contribution in [0.4, 0.5) is 0 Å². The molecule has 0 aliphatic rings. The summed E-state index contributed by atoms with van der Waals surface area (Å²) in [7, 11) is 0. The number of rotatable bonds is 42. The molecule has 3 N–H and O–H groups in total. The molecule has 1 amide bonds. The predicted octanol–water partition coefficient (Wildman–Crippen LogP) is 14.9. The van der Waals surface area contributed by atoms with Gasteiger partial charge in [-0.05, 0) is 77.0 Å². The van der Waals surface area contributed by atoms with Crippen LogP contribution in [0.3, 0.4) is 0 Å². The zero-order chi connectivity index (χ0) is 39.3. The first-order valence-electron chi connectivity index (χ1n) is 23.5. The topological polar surface area (TPSA) is 69.6 Å². The second kappa shape index (κ2) is 45.5. The van der Waals surface area contributed by atoms with Gasteiger partial charge in [0.15, 0.2) is 0 Å². The number of allylic oxidation sites excluding steroid dienone is 9. The number of hydrogen-bond acceptors (Lipinski definition) is 3. The Bertz CT molecular complexity index is 904. The number of carbonyl (C=O) groups is 1. The molecule has 314 valence electrons. The van der Waals surface area contributed by atoms with Gasteiger partial charge in [-0.3, -0.25) is 4.79 Å². The van der Waals surface area contributed by atoms with Crippen LogP contribution >= 0.6 is 0 Å². The summed E-state index contributed by atoms with van der Waals surface area (Å²) in [4.78, 5) is 12.4. The normalized spacial score (nSPS) is 13.5. The molecule has 0 aromatic heterocycles. The van der Waals surface area contributed by atoms with Gasteiger partial charge in [0.2, 0.25) is 5.91 Å². The molecule has 0 aromatic carbocycles. The molecular weight excluding hydrogens is 663 g/mol. The molecule has 0 rings (SSSR count). The maximum absolute atomic E-state index is 12.4. The maximum Gasteiger partial charge on any atom is 0.220 e. The van der Waals surface area contributed by atoms with Crippen LogP contribution in [0.2, 0.25) is 0 Å². The molecule has 4 heteroatoms. The molecule has 0 aromatic rings. The highest BCUT2D eigenvalue weighted by molar-refractivity contribution is 5.76. The Morgan fingerprint density at radius 3 is 1.19 bits per heavy atom. The van der Waals surface area contributed by atoms with Crippen LogP contribution in [0.1, 0.15) is 232 Å². The van der Waals surface area contributed by atoms with Crippen molar-refractivity contribution in [2.75, 3.05) is 6.61 Å². The van der Waals surface area contributed by atoms with Gasteiger partial charge in [-0.2, -0.15) is 0 Å². The Morgan fingerprint density at radius 1 is 0.444 bits per heavy atom. The molecule has 2 atom stereocenters. The fourth-order valence-electron chi connectivity index (χ4n) is 6.83. The number of unbranched alkanes of at least 4 members (excludes halogenated alkanes) is 27. The predicted molar refractivity (Wildman–Crippen MR) is 239 cm³/mol. The third-order valence-corrected chi connectivity index (χ3v) is 10.5. The fourth-order valence-corrected chi connectivity index (χ4v) is 6.83. The van der Waals surface area contributed by atoms with Gasteiger partial charge in [0.05, 0.1) is 18.8 Å². The Morgan fingerprint density at radius 2 is 0.778 bits per heavy atom. The van der Waals surface area contributed by atoms with Gasteiger partial charge < -0.3 is 15.5 Å². The molecule has 0 aliphatic carbocycles. The van der Waals surface area contributed by atoms with Crippen LogP contribution in [0.25, 0.3) is 0 Å². The van der Waals surface area contributed by atoms with Crippen molar-refractivity contribution < 1.29 is 15.0 Å². The Hall–Kier alpha value is -1.91. The van der Waals surface area contributed by atoms with E-state index in [9.17, 15) is 15.0 Å². The van der Waals surface area contributed by atoms with E-state index in [1.807, 2.05) is 6.08 Å². The van der Waals surface area contributed by atoms with Gasteiger partial charge in [-0.25, -0.2) is 0 Å². The highest BCUT2D eigenvalue weighted by Crippen LogP contribution is 2.13. The van der Waals surface area contributed by atoms with E-state index in [-0.39, 0.29) is 12.5 Å². The zero-order valence-electron chi connectivity index (χ0n) is 36.0. The molecule has 0 heterocycles. The Labute approximate surface area is 336 Å². The molecule has 0 aliphatic heterocycles. The van der Waals surface area contributed by atoms with Crippen molar-refractivity contribution in [3.05, 3.63) is 60.8 Å². The minimum absolute atomic E-state index is 0.0863. The fraction of sp³-hybridized carbons (Fsp3) is 0.780. The van der Waals surface area contributed by atoms with E-state index in [1.165, 1.54) is 161 Å². The smallest absolute Gasteiger partial charge is 0.220 e. The lowest BCUT2D eigenvalue weighted by Gasteiger charge is -2.19. The van der Waals surface area contributed by atoms with Crippen LogP contribution in [-0.4, -0.2) is 34.9 Å². The summed E-state index contributed by atoms with van der Waals surface area (Å²) >= 11 is 0. The van der Waals surface area contributed by atoms with Gasteiger partial charge in [-0.15, -0.1) is 0 Å². The van der Waals surface area contributed by atoms with Crippen LogP contribution in [0, 0.1) is 0 Å². The minimum atomic E-state index is -0.875. The van der Waals surface area contributed by atoms with Crippen molar-refractivity contribution in [1.29, 1.82) is 0 Å². The number of carbonyl (C=O) groups excluding carboxylic acids is 1. The van der Waals surface area contributed by atoms with E-state index in [0.29, 0.717) is 6.42 Å². The van der Waals surface area contributed by atoms with Gasteiger partial charge in [0.1, 0.15) is 0 Å². The standard InChI is InChI=1S/C50H91NO3/c1-3-5-7-9-11-13-15-17-19-21-23-24-25-26-28-30-32-34-36-38-40-42-44-46-50(54)51-48(47-52)49(53)45-43-41-39-37-35-33-31-29-27-22-20-18-16-14-12-10-8-6-4-2/h23-24,26-29,35,37,43,45,48-49,52-53H,3-22,25,30-34,36,38-42,44,46-47H2,1-2H3,(H,51,54)/b24-23-,28-26-,29-27+,37-35+,45-43+. The first kappa shape index (κ1) is 52.1. The SMILES string of the molecule is CCCCCCCCCCC/C=C\C/C=C\CCCCCCCCCC(=O)NC(CO)C(O)/C=C/CC/C=C/CC/C=C/CCCCCCCCCCC. The van der Waals surface area contributed by atoms with Gasteiger partial charge in [-0.1, -0.05) is 209 Å². The number of aliphatic hydroxyl groups excluding tert-OH is 2. The van der Waals surface area contributed by atoms with Crippen LogP contribution in [0.15, 0.2) is 60.8 Å². The number of amides is 1. The minimum Gasteiger partial charge on any atom is -0.394 e. The quantitative estimate of drug-likeness (QED) is 0.0429. The van der Waals surface area contributed by atoms with Crippen molar-refractivity contribution in [2.45, 2.75) is 244 Å².